The van der Waals surface area contributed by atoms with E-state index in [1.165, 1.54) is 6.07 Å². The lowest BCUT2D eigenvalue weighted by molar-refractivity contribution is 0.273. The van der Waals surface area contributed by atoms with Crippen LogP contribution in [0, 0.1) is 11.6 Å². The first-order valence-electron chi connectivity index (χ1n) is 6.41. The van der Waals surface area contributed by atoms with Gasteiger partial charge in [-0.3, -0.25) is 4.21 Å². The fourth-order valence-electron chi connectivity index (χ4n) is 2.33. The first kappa shape index (κ1) is 14.2. The summed E-state index contributed by atoms with van der Waals surface area (Å²) in [5, 5.41) is -0.509. The predicted molar refractivity (Wildman–Crippen MR) is 75.4 cm³/mol. The molecule has 2 aromatic carbocycles. The number of para-hydroxylation sites is 1. The number of nitrogens with two attached hydrogens (primary N) is 1. The van der Waals surface area contributed by atoms with Gasteiger partial charge in [0.1, 0.15) is 12.4 Å². The minimum Gasteiger partial charge on any atom is -0.492 e. The van der Waals surface area contributed by atoms with Crippen LogP contribution in [-0.4, -0.2) is 16.1 Å². The summed E-state index contributed by atoms with van der Waals surface area (Å²) in [6.45, 7) is 0.170. The van der Waals surface area contributed by atoms with Gasteiger partial charge >= 0.3 is 0 Å². The van der Waals surface area contributed by atoms with Crippen molar-refractivity contribution in [2.24, 2.45) is 5.73 Å². The summed E-state index contributed by atoms with van der Waals surface area (Å²) in [7, 11) is -1.58. The molecule has 3 rings (SSSR count). The molecule has 0 spiro atoms. The fraction of sp³-hybridized carbons (Fsp3) is 0.200. The van der Waals surface area contributed by atoms with Gasteiger partial charge in [0.2, 0.25) is 0 Å². The van der Waals surface area contributed by atoms with Crippen LogP contribution in [0.5, 0.6) is 5.75 Å². The summed E-state index contributed by atoms with van der Waals surface area (Å²) in [5.41, 5.74) is 6.92. The van der Waals surface area contributed by atoms with Crippen molar-refractivity contribution in [3.8, 4) is 5.75 Å². The Balaban J connectivity index is 1.91. The van der Waals surface area contributed by atoms with Gasteiger partial charge in [0.05, 0.1) is 22.1 Å². The Labute approximate surface area is 123 Å². The highest BCUT2D eigenvalue weighted by Crippen LogP contribution is 2.34. The average molecular weight is 309 g/mol. The molecule has 2 N–H and O–H groups in total. The standard InChI is InChI=1S/C15H13F2NO2S/c16-11-6-5-9(7-12(11)17)21(19)14-8-20-13-4-2-1-3-10(13)15(14)18/h1-7,14-15H,8,18H2. The molecule has 3 unspecified atom stereocenters. The normalized spacial score (nSPS) is 22.2. The van der Waals surface area contributed by atoms with Gasteiger partial charge in [-0.1, -0.05) is 18.2 Å². The summed E-state index contributed by atoms with van der Waals surface area (Å²) < 4.78 is 44.3. The zero-order chi connectivity index (χ0) is 15.0. The van der Waals surface area contributed by atoms with Gasteiger partial charge in [0.15, 0.2) is 11.6 Å². The molecule has 0 saturated carbocycles. The van der Waals surface area contributed by atoms with Crippen molar-refractivity contribution in [2.75, 3.05) is 6.61 Å². The number of fused-ring (bicyclic) bond motifs is 1. The molecule has 110 valence electrons. The summed E-state index contributed by atoms with van der Waals surface area (Å²) in [6, 6.07) is 10.00. The highest BCUT2D eigenvalue weighted by atomic mass is 32.2. The topological polar surface area (TPSA) is 52.3 Å². The van der Waals surface area contributed by atoms with E-state index < -0.39 is 33.7 Å². The number of hydrogen-bond donors (Lipinski definition) is 1. The molecular formula is C15H13F2NO2S. The Kier molecular flexibility index (Phi) is 3.73. The summed E-state index contributed by atoms with van der Waals surface area (Å²) in [4.78, 5) is 0.206. The van der Waals surface area contributed by atoms with Crippen LogP contribution in [0.15, 0.2) is 47.4 Å². The third-order valence-corrected chi connectivity index (χ3v) is 5.18. The molecule has 0 fully saturated rings. The first-order chi connectivity index (χ1) is 10.1. The zero-order valence-corrected chi connectivity index (χ0v) is 11.8. The Morgan fingerprint density at radius 2 is 1.90 bits per heavy atom. The van der Waals surface area contributed by atoms with E-state index in [4.69, 9.17) is 10.5 Å². The van der Waals surface area contributed by atoms with Crippen molar-refractivity contribution in [1.29, 1.82) is 0 Å². The second-order valence-corrected chi connectivity index (χ2v) is 6.46. The van der Waals surface area contributed by atoms with Crippen molar-refractivity contribution in [2.45, 2.75) is 16.2 Å². The molecule has 0 radical (unpaired) electrons. The van der Waals surface area contributed by atoms with Crippen molar-refractivity contribution < 1.29 is 17.7 Å². The van der Waals surface area contributed by atoms with Crippen molar-refractivity contribution in [3.63, 3.8) is 0 Å². The van der Waals surface area contributed by atoms with E-state index in [0.29, 0.717) is 5.75 Å². The molecule has 0 aliphatic carbocycles. The van der Waals surface area contributed by atoms with Crippen LogP contribution in [0.1, 0.15) is 11.6 Å². The quantitative estimate of drug-likeness (QED) is 0.927. The Morgan fingerprint density at radius 3 is 2.67 bits per heavy atom. The second-order valence-electron chi connectivity index (χ2n) is 4.79. The lowest BCUT2D eigenvalue weighted by Crippen LogP contribution is -2.39. The molecule has 3 atom stereocenters. The Hall–Kier alpha value is -1.79. The van der Waals surface area contributed by atoms with Gasteiger partial charge in [-0.05, 0) is 24.3 Å². The predicted octanol–water partition coefficient (Wildman–Crippen LogP) is 2.53. The number of benzene rings is 2. The zero-order valence-electron chi connectivity index (χ0n) is 11.0. The maximum atomic E-state index is 13.3. The van der Waals surface area contributed by atoms with E-state index in [2.05, 4.69) is 0 Å². The van der Waals surface area contributed by atoms with Crippen molar-refractivity contribution in [1.82, 2.24) is 0 Å². The van der Waals surface area contributed by atoms with Crippen molar-refractivity contribution >= 4 is 10.8 Å². The maximum absolute atomic E-state index is 13.3. The van der Waals surface area contributed by atoms with E-state index in [1.807, 2.05) is 18.2 Å². The van der Waals surface area contributed by atoms with Crippen LogP contribution < -0.4 is 10.5 Å². The molecule has 21 heavy (non-hydrogen) atoms. The van der Waals surface area contributed by atoms with Crippen LogP contribution in [0.4, 0.5) is 8.78 Å². The molecule has 1 aliphatic rings. The van der Waals surface area contributed by atoms with Gasteiger partial charge in [0.25, 0.3) is 0 Å². The summed E-state index contributed by atoms with van der Waals surface area (Å²) in [5.74, 6) is -1.32. The second kappa shape index (κ2) is 5.54. The summed E-state index contributed by atoms with van der Waals surface area (Å²) >= 11 is 0. The first-order valence-corrected chi connectivity index (χ1v) is 7.62. The van der Waals surface area contributed by atoms with Gasteiger partial charge in [-0.15, -0.1) is 0 Å². The molecule has 3 nitrogen and oxygen atoms in total. The highest BCUT2D eigenvalue weighted by molar-refractivity contribution is 7.85. The largest absolute Gasteiger partial charge is 0.492 e. The van der Waals surface area contributed by atoms with Crippen LogP contribution in [0.25, 0.3) is 0 Å². The molecule has 0 saturated heterocycles. The van der Waals surface area contributed by atoms with Crippen LogP contribution >= 0.6 is 0 Å². The summed E-state index contributed by atoms with van der Waals surface area (Å²) in [6.07, 6.45) is 0. The Morgan fingerprint density at radius 1 is 1.14 bits per heavy atom. The lowest BCUT2D eigenvalue weighted by Gasteiger charge is -2.30. The van der Waals surface area contributed by atoms with Crippen LogP contribution in [0.3, 0.4) is 0 Å². The van der Waals surface area contributed by atoms with Gasteiger partial charge in [-0.25, -0.2) is 8.78 Å². The van der Waals surface area contributed by atoms with E-state index in [-0.39, 0.29) is 11.5 Å². The lowest BCUT2D eigenvalue weighted by atomic mass is 10.0. The van der Waals surface area contributed by atoms with Gasteiger partial charge < -0.3 is 10.5 Å². The van der Waals surface area contributed by atoms with Crippen molar-refractivity contribution in [3.05, 3.63) is 59.7 Å². The molecule has 0 bridgehead atoms. The van der Waals surface area contributed by atoms with Gasteiger partial charge in [0, 0.05) is 10.5 Å². The van der Waals surface area contributed by atoms with Gasteiger partial charge in [-0.2, -0.15) is 0 Å². The molecular weight excluding hydrogens is 296 g/mol. The monoisotopic (exact) mass is 309 g/mol. The van der Waals surface area contributed by atoms with E-state index in [1.54, 1.807) is 6.07 Å². The van der Waals surface area contributed by atoms with E-state index in [0.717, 1.165) is 17.7 Å². The minimum absolute atomic E-state index is 0.170. The molecule has 1 heterocycles. The number of ether oxygens (including phenoxy) is 1. The van der Waals surface area contributed by atoms with Crippen LogP contribution in [0.2, 0.25) is 0 Å². The number of halogens is 2. The molecule has 6 heteroatoms. The third-order valence-electron chi connectivity index (χ3n) is 3.48. The Bertz CT molecular complexity index is 708. The average Bonchev–Trinajstić information content (AvgIpc) is 2.50. The van der Waals surface area contributed by atoms with E-state index >= 15 is 0 Å². The maximum Gasteiger partial charge on any atom is 0.160 e. The number of hydrogen-bond acceptors (Lipinski definition) is 3. The SMILES string of the molecule is NC1c2ccccc2OCC1S(=O)c1ccc(F)c(F)c1. The minimum atomic E-state index is -1.58. The van der Waals surface area contributed by atoms with E-state index in [9.17, 15) is 13.0 Å². The molecule has 0 amide bonds. The molecule has 0 aromatic heterocycles. The smallest absolute Gasteiger partial charge is 0.160 e. The molecule has 1 aliphatic heterocycles. The number of rotatable bonds is 2. The third kappa shape index (κ3) is 2.56. The fourth-order valence-corrected chi connectivity index (χ4v) is 3.71. The highest BCUT2D eigenvalue weighted by Gasteiger charge is 2.33. The molecule has 2 aromatic rings. The van der Waals surface area contributed by atoms with Crippen LogP contribution in [-0.2, 0) is 10.8 Å².